The van der Waals surface area contributed by atoms with Gasteiger partial charge in [0.2, 0.25) is 5.91 Å². The minimum Gasteiger partial charge on any atom is -0.334 e. The lowest BCUT2D eigenvalue weighted by Gasteiger charge is -2.17. The van der Waals surface area contributed by atoms with Gasteiger partial charge in [-0.2, -0.15) is 0 Å². The average Bonchev–Trinajstić information content (AvgIpc) is 2.56. The number of nitrogens with one attached hydrogen (secondary N) is 2. The van der Waals surface area contributed by atoms with Crippen LogP contribution in [0.4, 0.5) is 4.79 Å². The second kappa shape index (κ2) is 9.05. The number of benzene rings is 2. The molecule has 2 aromatic rings. The van der Waals surface area contributed by atoms with Crippen molar-refractivity contribution >= 4 is 23.5 Å². The third kappa shape index (κ3) is 6.02. The van der Waals surface area contributed by atoms with Crippen molar-refractivity contribution in [2.45, 2.75) is 13.1 Å². The molecule has 0 aliphatic carbocycles. The second-order valence-electron chi connectivity index (χ2n) is 5.48. The highest BCUT2D eigenvalue weighted by atomic mass is 35.5. The average molecular weight is 346 g/mol. The molecule has 2 aromatic carbocycles. The number of rotatable bonds is 6. The number of likely N-dealkylation sites (N-methyl/N-ethyl adjacent to an activating group) is 1. The monoisotopic (exact) mass is 345 g/mol. The Kier molecular flexibility index (Phi) is 6.78. The minimum absolute atomic E-state index is 0.101. The number of halogens is 1. The summed E-state index contributed by atoms with van der Waals surface area (Å²) in [6.07, 6.45) is 0. The van der Waals surface area contributed by atoms with Gasteiger partial charge in [-0.05, 0) is 24.2 Å². The SMILES string of the molecule is CN(CC(=O)NC(=O)NCc1ccccc1)Cc1ccccc1Cl. The zero-order chi connectivity index (χ0) is 17.4. The molecule has 0 bridgehead atoms. The second-order valence-corrected chi connectivity index (χ2v) is 5.89. The smallest absolute Gasteiger partial charge is 0.321 e. The van der Waals surface area contributed by atoms with Crippen LogP contribution >= 0.6 is 11.6 Å². The van der Waals surface area contributed by atoms with E-state index in [0.717, 1.165) is 11.1 Å². The zero-order valence-electron chi connectivity index (χ0n) is 13.5. The fourth-order valence-electron chi connectivity index (χ4n) is 2.21. The summed E-state index contributed by atoms with van der Waals surface area (Å²) in [6.45, 7) is 0.998. The fraction of sp³-hybridized carbons (Fsp3) is 0.222. The van der Waals surface area contributed by atoms with Crippen LogP contribution in [0.2, 0.25) is 5.02 Å². The van der Waals surface area contributed by atoms with Crippen LogP contribution in [0.1, 0.15) is 11.1 Å². The molecule has 0 aliphatic rings. The van der Waals surface area contributed by atoms with Gasteiger partial charge < -0.3 is 5.32 Å². The summed E-state index contributed by atoms with van der Waals surface area (Å²) < 4.78 is 0. The normalized spacial score (nSPS) is 10.5. The minimum atomic E-state index is -0.505. The highest BCUT2D eigenvalue weighted by Gasteiger charge is 2.11. The molecule has 0 saturated carbocycles. The first kappa shape index (κ1) is 18.0. The van der Waals surface area contributed by atoms with Crippen molar-refractivity contribution in [3.63, 3.8) is 0 Å². The van der Waals surface area contributed by atoms with E-state index in [1.165, 1.54) is 0 Å². The van der Waals surface area contributed by atoms with Gasteiger partial charge in [-0.3, -0.25) is 15.0 Å². The third-order valence-corrected chi connectivity index (χ3v) is 3.73. The van der Waals surface area contributed by atoms with Crippen molar-refractivity contribution in [2.75, 3.05) is 13.6 Å². The summed E-state index contributed by atoms with van der Waals surface area (Å²) in [5.41, 5.74) is 1.90. The summed E-state index contributed by atoms with van der Waals surface area (Å²) in [7, 11) is 1.80. The van der Waals surface area contributed by atoms with E-state index in [4.69, 9.17) is 11.6 Å². The van der Waals surface area contributed by atoms with Crippen molar-refractivity contribution < 1.29 is 9.59 Å². The Labute approximate surface area is 146 Å². The van der Waals surface area contributed by atoms with E-state index in [-0.39, 0.29) is 12.5 Å². The number of hydrogen-bond acceptors (Lipinski definition) is 3. The third-order valence-electron chi connectivity index (χ3n) is 3.36. The molecule has 5 nitrogen and oxygen atoms in total. The molecule has 3 amide bonds. The Bertz CT molecular complexity index is 692. The first-order valence-electron chi connectivity index (χ1n) is 7.58. The van der Waals surface area contributed by atoms with E-state index in [1.807, 2.05) is 54.6 Å². The van der Waals surface area contributed by atoms with E-state index in [2.05, 4.69) is 10.6 Å². The summed E-state index contributed by atoms with van der Waals surface area (Å²) in [6, 6.07) is 16.5. The molecule has 0 radical (unpaired) electrons. The predicted octanol–water partition coefficient (Wildman–Crippen LogP) is 2.80. The summed E-state index contributed by atoms with van der Waals surface area (Å²) in [5, 5.41) is 5.63. The quantitative estimate of drug-likeness (QED) is 0.846. The summed E-state index contributed by atoms with van der Waals surface area (Å²) in [4.78, 5) is 25.4. The molecule has 6 heteroatoms. The molecule has 0 atom stereocenters. The van der Waals surface area contributed by atoms with Crippen molar-refractivity contribution in [3.8, 4) is 0 Å². The van der Waals surface area contributed by atoms with E-state index in [9.17, 15) is 9.59 Å². The van der Waals surface area contributed by atoms with Gasteiger partial charge in [-0.1, -0.05) is 60.1 Å². The van der Waals surface area contributed by atoms with E-state index >= 15 is 0 Å². The fourth-order valence-corrected chi connectivity index (χ4v) is 2.40. The molecule has 24 heavy (non-hydrogen) atoms. The molecule has 0 spiro atoms. The number of urea groups is 1. The maximum absolute atomic E-state index is 11.9. The first-order chi connectivity index (χ1) is 11.5. The van der Waals surface area contributed by atoms with E-state index in [1.54, 1.807) is 11.9 Å². The van der Waals surface area contributed by atoms with Crippen molar-refractivity contribution in [1.29, 1.82) is 0 Å². The Balaban J connectivity index is 1.74. The molecule has 0 unspecified atom stereocenters. The lowest BCUT2D eigenvalue weighted by atomic mass is 10.2. The van der Waals surface area contributed by atoms with Gasteiger partial charge in [0.05, 0.1) is 6.54 Å². The van der Waals surface area contributed by atoms with E-state index < -0.39 is 6.03 Å². The lowest BCUT2D eigenvalue weighted by molar-refractivity contribution is -0.120. The van der Waals surface area contributed by atoms with Gasteiger partial charge in [-0.15, -0.1) is 0 Å². The number of amides is 3. The van der Waals surface area contributed by atoms with Crippen molar-refractivity contribution in [1.82, 2.24) is 15.5 Å². The molecule has 0 fully saturated rings. The van der Waals surface area contributed by atoms with Crippen LogP contribution < -0.4 is 10.6 Å². The molecule has 0 aromatic heterocycles. The molecule has 0 aliphatic heterocycles. The lowest BCUT2D eigenvalue weighted by Crippen LogP contribution is -2.43. The Hall–Kier alpha value is -2.37. The van der Waals surface area contributed by atoms with Gasteiger partial charge in [0.15, 0.2) is 0 Å². The van der Waals surface area contributed by atoms with Crippen LogP contribution in [-0.4, -0.2) is 30.4 Å². The van der Waals surface area contributed by atoms with Crippen molar-refractivity contribution in [3.05, 3.63) is 70.7 Å². The maximum Gasteiger partial charge on any atom is 0.321 e. The Morgan fingerprint density at radius 1 is 1.04 bits per heavy atom. The van der Waals surface area contributed by atoms with Crippen LogP contribution in [0.15, 0.2) is 54.6 Å². The largest absolute Gasteiger partial charge is 0.334 e. The van der Waals surface area contributed by atoms with Gasteiger partial charge in [0.25, 0.3) is 0 Å². The van der Waals surface area contributed by atoms with Gasteiger partial charge in [0, 0.05) is 18.1 Å². The first-order valence-corrected chi connectivity index (χ1v) is 7.96. The van der Waals surface area contributed by atoms with Gasteiger partial charge in [-0.25, -0.2) is 4.79 Å². The predicted molar refractivity (Wildman–Crippen MR) is 94.6 cm³/mol. The highest BCUT2D eigenvalue weighted by molar-refractivity contribution is 6.31. The van der Waals surface area contributed by atoms with Crippen molar-refractivity contribution in [2.24, 2.45) is 0 Å². The van der Waals surface area contributed by atoms with Crippen LogP contribution in [0.3, 0.4) is 0 Å². The topological polar surface area (TPSA) is 61.4 Å². The highest BCUT2D eigenvalue weighted by Crippen LogP contribution is 2.16. The summed E-state index contributed by atoms with van der Waals surface area (Å²) >= 11 is 6.10. The maximum atomic E-state index is 11.9. The zero-order valence-corrected chi connectivity index (χ0v) is 14.2. The number of hydrogen-bond donors (Lipinski definition) is 2. The van der Waals surface area contributed by atoms with Crippen LogP contribution in [0.5, 0.6) is 0 Å². The molecule has 2 N–H and O–H groups in total. The number of nitrogens with zero attached hydrogens (tertiary/aromatic N) is 1. The molecular formula is C18H20ClN3O2. The molecule has 2 rings (SSSR count). The Morgan fingerprint density at radius 2 is 1.71 bits per heavy atom. The number of carbonyl (C=O) groups excluding carboxylic acids is 2. The molecular weight excluding hydrogens is 326 g/mol. The number of carbonyl (C=O) groups is 2. The molecule has 0 saturated heterocycles. The molecule has 126 valence electrons. The standard InChI is InChI=1S/C18H20ClN3O2/c1-22(12-15-9-5-6-10-16(15)19)13-17(23)21-18(24)20-11-14-7-3-2-4-8-14/h2-10H,11-13H2,1H3,(H2,20,21,23,24). The van der Waals surface area contributed by atoms with Gasteiger partial charge in [0.1, 0.15) is 0 Å². The van der Waals surface area contributed by atoms with Crippen LogP contribution in [0.25, 0.3) is 0 Å². The number of imide groups is 1. The Morgan fingerprint density at radius 3 is 2.42 bits per heavy atom. The van der Waals surface area contributed by atoms with Crippen LogP contribution in [0, 0.1) is 0 Å². The van der Waals surface area contributed by atoms with Gasteiger partial charge >= 0.3 is 6.03 Å². The summed E-state index contributed by atoms with van der Waals surface area (Å²) in [5.74, 6) is -0.366. The van der Waals surface area contributed by atoms with Crippen LogP contribution in [-0.2, 0) is 17.9 Å². The van der Waals surface area contributed by atoms with E-state index in [0.29, 0.717) is 18.1 Å². The molecule has 0 heterocycles.